The van der Waals surface area contributed by atoms with E-state index >= 15 is 0 Å². The minimum absolute atomic E-state index is 0.922. The molecule has 0 N–H and O–H groups in total. The molecule has 0 saturated carbocycles. The second-order valence-electron chi connectivity index (χ2n) is 14.4. The maximum atomic E-state index is 5.31. The molecule has 0 saturated heterocycles. The van der Waals surface area contributed by atoms with E-state index in [1.807, 2.05) is 19.9 Å². The van der Waals surface area contributed by atoms with Gasteiger partial charge in [0.25, 0.3) is 0 Å². The predicted molar refractivity (Wildman–Crippen MR) is 249 cm³/mol. The van der Waals surface area contributed by atoms with Crippen molar-refractivity contribution in [2.24, 2.45) is 0 Å². The third-order valence-electron chi connectivity index (χ3n) is 11.2. The summed E-state index contributed by atoms with van der Waals surface area (Å²) in [6.07, 6.45) is 4.33. The normalized spacial score (nSPS) is 12.1. The number of aromatic nitrogens is 1. The van der Waals surface area contributed by atoms with E-state index in [4.69, 9.17) is 4.98 Å². The van der Waals surface area contributed by atoms with Crippen LogP contribution in [0.1, 0.15) is 26.3 Å². The monoisotopic (exact) mass is 729 g/mol. The third kappa shape index (κ3) is 6.28. The minimum atomic E-state index is 0.922. The molecule has 0 aliphatic carbocycles. The van der Waals surface area contributed by atoms with Gasteiger partial charge in [-0.3, -0.25) is 0 Å². The Morgan fingerprint density at radius 2 is 0.930 bits per heavy atom. The molecular weight excluding hydrogens is 687 g/mol. The number of pyridine rings is 1. The van der Waals surface area contributed by atoms with E-state index in [-0.39, 0.29) is 0 Å². The van der Waals surface area contributed by atoms with Gasteiger partial charge in [0, 0.05) is 16.2 Å². The summed E-state index contributed by atoms with van der Waals surface area (Å²) >= 11 is 0. The molecule has 0 spiro atoms. The number of allylic oxidation sites excluding steroid dienone is 2. The molecule has 0 bridgehead atoms. The number of hydrogen-bond acceptors (Lipinski definition) is 1. The van der Waals surface area contributed by atoms with Crippen LogP contribution in [0.2, 0.25) is 0 Å². The summed E-state index contributed by atoms with van der Waals surface area (Å²) in [5, 5.41) is 13.0. The number of fused-ring (bicyclic) bond motifs is 5. The van der Waals surface area contributed by atoms with Crippen LogP contribution in [0.4, 0.5) is 0 Å². The highest BCUT2D eigenvalue weighted by Gasteiger charge is 2.20. The van der Waals surface area contributed by atoms with Gasteiger partial charge < -0.3 is 0 Å². The molecule has 10 aromatic rings. The molecule has 57 heavy (non-hydrogen) atoms. The number of benzene rings is 9. The van der Waals surface area contributed by atoms with Crippen LogP contribution in [-0.4, -0.2) is 4.98 Å². The van der Waals surface area contributed by atoms with Crippen LogP contribution >= 0.6 is 0 Å². The highest BCUT2D eigenvalue weighted by atomic mass is 14.7. The first-order valence-electron chi connectivity index (χ1n) is 19.9. The van der Waals surface area contributed by atoms with Crippen LogP contribution in [0.5, 0.6) is 0 Å². The van der Waals surface area contributed by atoms with Gasteiger partial charge >= 0.3 is 0 Å². The van der Waals surface area contributed by atoms with Crippen LogP contribution in [0.3, 0.4) is 0 Å². The molecule has 0 aliphatic heterocycles. The SMILES string of the molecule is C=c1/c(=C\C=C(/C)c2ccccc2)ccc2ccc(-c3ccc(-c4c5ccccc5c(-c5cccc6ccccc56)c5ccccc45)c4ccccc34)nc12.CC. The Labute approximate surface area is 334 Å². The molecule has 9 aromatic carbocycles. The standard InChI is InChI=1S/C54H37N.C2H6/c1-35(37-15-4-3-5-16-37)27-28-38-29-30-40-31-34-51(55-54(40)36(38)2)44-32-33-50(43-21-9-8-20-42(43)44)53-48-24-12-10-22-46(48)52(47-23-11-13-25-49(47)53)45-26-14-18-39-17-6-7-19-41(39)45;1-2/h3-34H,2H2,1H3;1-2H3/b35-27+,38-28-;. The van der Waals surface area contributed by atoms with Crippen LogP contribution in [0.15, 0.2) is 188 Å². The van der Waals surface area contributed by atoms with Gasteiger partial charge in [-0.05, 0) is 94.7 Å². The molecule has 0 fully saturated rings. The van der Waals surface area contributed by atoms with Crippen molar-refractivity contribution in [3.8, 4) is 33.5 Å². The fourth-order valence-corrected chi connectivity index (χ4v) is 8.47. The zero-order valence-electron chi connectivity index (χ0n) is 32.6. The molecular formula is C56H43N. The van der Waals surface area contributed by atoms with Crippen molar-refractivity contribution in [1.82, 2.24) is 4.98 Å². The van der Waals surface area contributed by atoms with Crippen LogP contribution in [0, 0.1) is 0 Å². The Morgan fingerprint density at radius 3 is 1.58 bits per heavy atom. The van der Waals surface area contributed by atoms with E-state index in [1.165, 1.54) is 76.5 Å². The van der Waals surface area contributed by atoms with Crippen molar-refractivity contribution < 1.29 is 0 Å². The third-order valence-corrected chi connectivity index (χ3v) is 11.2. The Morgan fingerprint density at radius 1 is 0.439 bits per heavy atom. The van der Waals surface area contributed by atoms with Gasteiger partial charge in [0.1, 0.15) is 0 Å². The van der Waals surface area contributed by atoms with E-state index in [0.29, 0.717) is 0 Å². The van der Waals surface area contributed by atoms with E-state index in [1.54, 1.807) is 0 Å². The van der Waals surface area contributed by atoms with Crippen molar-refractivity contribution in [2.75, 3.05) is 0 Å². The van der Waals surface area contributed by atoms with Crippen molar-refractivity contribution in [3.05, 3.63) is 204 Å². The Bertz CT molecular complexity index is 3220. The molecule has 0 radical (unpaired) electrons. The average molecular weight is 730 g/mol. The Kier molecular flexibility index (Phi) is 9.50. The smallest absolute Gasteiger partial charge is 0.0781 e. The molecule has 272 valence electrons. The lowest BCUT2D eigenvalue weighted by Crippen LogP contribution is -2.24. The fourth-order valence-electron chi connectivity index (χ4n) is 8.47. The van der Waals surface area contributed by atoms with Gasteiger partial charge in [-0.2, -0.15) is 0 Å². The lowest BCUT2D eigenvalue weighted by Gasteiger charge is -2.20. The lowest BCUT2D eigenvalue weighted by molar-refractivity contribution is 1.38. The summed E-state index contributed by atoms with van der Waals surface area (Å²) in [6.45, 7) is 10.7. The van der Waals surface area contributed by atoms with Crippen LogP contribution in [0.25, 0.3) is 106 Å². The molecule has 1 aromatic heterocycles. The van der Waals surface area contributed by atoms with Gasteiger partial charge in [0.15, 0.2) is 0 Å². The van der Waals surface area contributed by atoms with Gasteiger partial charge in [0.05, 0.1) is 11.2 Å². The van der Waals surface area contributed by atoms with Gasteiger partial charge in [-0.25, -0.2) is 4.98 Å². The van der Waals surface area contributed by atoms with Crippen molar-refractivity contribution in [3.63, 3.8) is 0 Å². The van der Waals surface area contributed by atoms with Crippen molar-refractivity contribution >= 4 is 72.2 Å². The second kappa shape index (κ2) is 15.2. The first-order valence-corrected chi connectivity index (χ1v) is 19.9. The Balaban J connectivity index is 0.00000208. The molecule has 0 aliphatic rings. The molecule has 1 heterocycles. The molecule has 0 unspecified atom stereocenters. The fraction of sp³-hybridized carbons (Fsp3) is 0.0536. The second-order valence-corrected chi connectivity index (χ2v) is 14.4. The minimum Gasteiger partial charge on any atom is -0.247 e. The van der Waals surface area contributed by atoms with Crippen LogP contribution < -0.4 is 10.4 Å². The first-order chi connectivity index (χ1) is 28.1. The van der Waals surface area contributed by atoms with Crippen molar-refractivity contribution in [1.29, 1.82) is 0 Å². The van der Waals surface area contributed by atoms with Gasteiger partial charge in [-0.1, -0.05) is 209 Å². The van der Waals surface area contributed by atoms with E-state index < -0.39 is 0 Å². The number of hydrogen-bond donors (Lipinski definition) is 0. The van der Waals surface area contributed by atoms with E-state index in [0.717, 1.165) is 32.6 Å². The van der Waals surface area contributed by atoms with E-state index in [2.05, 4.69) is 202 Å². The molecule has 1 heteroatoms. The summed E-state index contributed by atoms with van der Waals surface area (Å²) in [7, 11) is 0. The highest BCUT2D eigenvalue weighted by molar-refractivity contribution is 6.25. The Hall–Kier alpha value is -7.09. The number of rotatable bonds is 5. The van der Waals surface area contributed by atoms with E-state index in [9.17, 15) is 0 Å². The summed E-state index contributed by atoms with van der Waals surface area (Å²) in [5.74, 6) is 0. The zero-order valence-corrected chi connectivity index (χ0v) is 32.6. The van der Waals surface area contributed by atoms with Gasteiger partial charge in [0.2, 0.25) is 0 Å². The maximum absolute atomic E-state index is 5.31. The predicted octanol–water partition coefficient (Wildman–Crippen LogP) is 14.2. The summed E-state index contributed by atoms with van der Waals surface area (Å²) in [6, 6.07) is 65.7. The maximum Gasteiger partial charge on any atom is 0.0781 e. The molecule has 0 atom stereocenters. The zero-order chi connectivity index (χ0) is 38.9. The summed E-state index contributed by atoms with van der Waals surface area (Å²) < 4.78 is 0. The lowest BCUT2D eigenvalue weighted by atomic mass is 9.83. The molecule has 1 nitrogen and oxygen atoms in total. The number of nitrogens with zero attached hydrogens (tertiary/aromatic N) is 1. The van der Waals surface area contributed by atoms with Crippen molar-refractivity contribution in [2.45, 2.75) is 20.8 Å². The molecule has 0 amide bonds. The summed E-state index contributed by atoms with van der Waals surface area (Å²) in [4.78, 5) is 5.31. The topological polar surface area (TPSA) is 12.9 Å². The average Bonchev–Trinajstić information content (AvgIpc) is 3.28. The van der Waals surface area contributed by atoms with Crippen LogP contribution in [-0.2, 0) is 0 Å². The quantitative estimate of drug-likeness (QED) is 0.161. The largest absolute Gasteiger partial charge is 0.247 e. The first kappa shape index (κ1) is 35.6. The molecule has 10 rings (SSSR count). The van der Waals surface area contributed by atoms with Gasteiger partial charge in [-0.15, -0.1) is 0 Å². The highest BCUT2D eigenvalue weighted by Crippen LogP contribution is 2.47. The summed E-state index contributed by atoms with van der Waals surface area (Å²) in [5.41, 5.74) is 10.4.